The molecule has 0 saturated heterocycles. The number of halogens is 1. The number of nitrogens with one attached hydrogen (secondary N) is 2. The van der Waals surface area contributed by atoms with Gasteiger partial charge in [-0.25, -0.2) is 4.39 Å². The quantitative estimate of drug-likeness (QED) is 0.754. The zero-order chi connectivity index (χ0) is 15.2. The highest BCUT2D eigenvalue weighted by Gasteiger charge is 2.02. The van der Waals surface area contributed by atoms with Gasteiger partial charge in [0.15, 0.2) is 5.82 Å². The van der Waals surface area contributed by atoms with Crippen molar-refractivity contribution >= 4 is 17.5 Å². The predicted molar refractivity (Wildman–Crippen MR) is 81.1 cm³/mol. The van der Waals surface area contributed by atoms with Crippen LogP contribution in [0.1, 0.15) is 5.56 Å². The summed E-state index contributed by atoms with van der Waals surface area (Å²) in [6, 6.07) is 9.89. The number of nitrogens with zero attached hydrogens (tertiary/aromatic N) is 4. The molecule has 0 radical (unpaired) electrons. The zero-order valence-electron chi connectivity index (χ0n) is 11.6. The van der Waals surface area contributed by atoms with Crippen LogP contribution in [0.25, 0.3) is 0 Å². The molecule has 0 aliphatic carbocycles. The summed E-state index contributed by atoms with van der Waals surface area (Å²) in [4.78, 5) is 8.24. The fourth-order valence-electron chi connectivity index (χ4n) is 1.83. The second kappa shape index (κ2) is 6.57. The van der Waals surface area contributed by atoms with Gasteiger partial charge in [-0.2, -0.15) is 10.1 Å². The van der Waals surface area contributed by atoms with Crippen molar-refractivity contribution < 1.29 is 4.39 Å². The maximum Gasteiger partial charge on any atom is 0.249 e. The highest BCUT2D eigenvalue weighted by Crippen LogP contribution is 2.14. The predicted octanol–water partition coefficient (Wildman–Crippen LogP) is 2.76. The van der Waals surface area contributed by atoms with E-state index in [0.29, 0.717) is 24.0 Å². The van der Waals surface area contributed by atoms with Crippen LogP contribution in [-0.2, 0) is 6.54 Å². The highest BCUT2D eigenvalue weighted by atomic mass is 19.1. The molecule has 0 aliphatic rings. The van der Waals surface area contributed by atoms with Crippen LogP contribution >= 0.6 is 0 Å². The Labute approximate surface area is 126 Å². The molecular weight excluding hydrogens is 283 g/mol. The lowest BCUT2D eigenvalue weighted by atomic mass is 10.3. The first kappa shape index (κ1) is 13.9. The van der Waals surface area contributed by atoms with Gasteiger partial charge in [0.2, 0.25) is 5.95 Å². The highest BCUT2D eigenvalue weighted by molar-refractivity contribution is 5.53. The Morgan fingerprint density at radius 1 is 1.09 bits per heavy atom. The average Bonchev–Trinajstić information content (AvgIpc) is 2.54. The third-order valence-electron chi connectivity index (χ3n) is 2.86. The summed E-state index contributed by atoms with van der Waals surface area (Å²) in [6.07, 6.45) is 4.98. The maximum absolute atomic E-state index is 13.1. The Bertz CT molecular complexity index is 750. The van der Waals surface area contributed by atoms with Crippen molar-refractivity contribution in [2.24, 2.45) is 0 Å². The fourth-order valence-corrected chi connectivity index (χ4v) is 1.83. The normalized spacial score (nSPS) is 10.2. The van der Waals surface area contributed by atoms with E-state index in [1.165, 1.54) is 18.3 Å². The van der Waals surface area contributed by atoms with Gasteiger partial charge >= 0.3 is 0 Å². The average molecular weight is 296 g/mol. The van der Waals surface area contributed by atoms with Crippen LogP contribution in [0.5, 0.6) is 0 Å². The third kappa shape index (κ3) is 3.72. The van der Waals surface area contributed by atoms with Crippen LogP contribution < -0.4 is 10.6 Å². The molecule has 2 heterocycles. The molecule has 0 amide bonds. The van der Waals surface area contributed by atoms with Crippen molar-refractivity contribution in [3.63, 3.8) is 0 Å². The molecule has 22 heavy (non-hydrogen) atoms. The molecule has 3 aromatic rings. The van der Waals surface area contributed by atoms with Gasteiger partial charge in [-0.15, -0.1) is 5.10 Å². The van der Waals surface area contributed by atoms with Crippen LogP contribution in [0.3, 0.4) is 0 Å². The summed E-state index contributed by atoms with van der Waals surface area (Å²) in [6.45, 7) is 0.598. The van der Waals surface area contributed by atoms with Gasteiger partial charge < -0.3 is 10.6 Å². The zero-order valence-corrected chi connectivity index (χ0v) is 11.6. The molecule has 110 valence electrons. The smallest absolute Gasteiger partial charge is 0.249 e. The van der Waals surface area contributed by atoms with Crippen LogP contribution in [0, 0.1) is 5.82 Å². The van der Waals surface area contributed by atoms with Crippen molar-refractivity contribution in [2.75, 3.05) is 10.6 Å². The van der Waals surface area contributed by atoms with E-state index in [1.807, 2.05) is 12.1 Å². The number of hydrogen-bond donors (Lipinski definition) is 2. The summed E-state index contributed by atoms with van der Waals surface area (Å²) in [7, 11) is 0. The molecule has 0 bridgehead atoms. The minimum Gasteiger partial charge on any atom is -0.365 e. The number of rotatable bonds is 5. The molecular formula is C15H13FN6. The maximum atomic E-state index is 13.1. The van der Waals surface area contributed by atoms with Gasteiger partial charge in [-0.3, -0.25) is 4.98 Å². The van der Waals surface area contributed by atoms with Crippen molar-refractivity contribution in [2.45, 2.75) is 6.54 Å². The van der Waals surface area contributed by atoms with Gasteiger partial charge in [-0.1, -0.05) is 6.07 Å². The van der Waals surface area contributed by atoms with Gasteiger partial charge in [-0.05, 0) is 35.9 Å². The lowest BCUT2D eigenvalue weighted by Crippen LogP contribution is -2.05. The molecule has 0 spiro atoms. The van der Waals surface area contributed by atoms with Crippen molar-refractivity contribution in [3.05, 3.63) is 66.4 Å². The van der Waals surface area contributed by atoms with E-state index >= 15 is 0 Å². The second-order valence-corrected chi connectivity index (χ2v) is 4.51. The van der Waals surface area contributed by atoms with Gasteiger partial charge in [0.05, 0.1) is 6.20 Å². The summed E-state index contributed by atoms with van der Waals surface area (Å²) in [5.41, 5.74) is 1.64. The Morgan fingerprint density at radius 3 is 2.77 bits per heavy atom. The second-order valence-electron chi connectivity index (χ2n) is 4.51. The molecule has 0 aliphatic heterocycles. The summed E-state index contributed by atoms with van der Waals surface area (Å²) in [5, 5.41) is 13.8. The summed E-state index contributed by atoms with van der Waals surface area (Å²) in [5.74, 6) is 0.543. The molecule has 3 rings (SSSR count). The van der Waals surface area contributed by atoms with Crippen LogP contribution in [0.4, 0.5) is 21.8 Å². The van der Waals surface area contributed by atoms with Gasteiger partial charge in [0.25, 0.3) is 0 Å². The topological polar surface area (TPSA) is 75.6 Å². The Morgan fingerprint density at radius 2 is 1.95 bits per heavy atom. The Kier molecular flexibility index (Phi) is 4.15. The van der Waals surface area contributed by atoms with Crippen molar-refractivity contribution in [1.29, 1.82) is 0 Å². The SMILES string of the molecule is Fc1cccc(Nc2nncc(NCc3ccncc3)n2)c1. The van der Waals surface area contributed by atoms with Crippen LogP contribution in [0.15, 0.2) is 55.0 Å². The molecule has 2 N–H and O–H groups in total. The van der Waals surface area contributed by atoms with E-state index in [9.17, 15) is 4.39 Å². The number of anilines is 3. The van der Waals surface area contributed by atoms with Gasteiger partial charge in [0.1, 0.15) is 5.82 Å². The number of benzene rings is 1. The molecule has 0 atom stereocenters. The summed E-state index contributed by atoms with van der Waals surface area (Å²) >= 11 is 0. The molecule has 1 aromatic carbocycles. The first-order valence-electron chi connectivity index (χ1n) is 6.65. The Balaban J connectivity index is 1.67. The molecule has 6 nitrogen and oxygen atoms in total. The largest absolute Gasteiger partial charge is 0.365 e. The summed E-state index contributed by atoms with van der Waals surface area (Å²) < 4.78 is 13.1. The lowest BCUT2D eigenvalue weighted by Gasteiger charge is -2.07. The van der Waals surface area contributed by atoms with E-state index in [0.717, 1.165) is 5.56 Å². The number of hydrogen-bond acceptors (Lipinski definition) is 6. The van der Waals surface area contributed by atoms with Crippen molar-refractivity contribution in [3.8, 4) is 0 Å². The fraction of sp³-hybridized carbons (Fsp3) is 0.0667. The van der Waals surface area contributed by atoms with Crippen LogP contribution in [0.2, 0.25) is 0 Å². The van der Waals surface area contributed by atoms with Crippen LogP contribution in [-0.4, -0.2) is 20.2 Å². The van der Waals surface area contributed by atoms with E-state index in [1.54, 1.807) is 24.5 Å². The monoisotopic (exact) mass is 296 g/mol. The standard InChI is InChI=1S/C15H13FN6/c16-12-2-1-3-13(8-12)20-15-21-14(10-19-22-15)18-9-11-4-6-17-7-5-11/h1-8,10H,9H2,(H2,18,20,21,22). The van der Waals surface area contributed by atoms with E-state index in [-0.39, 0.29) is 5.82 Å². The first-order valence-corrected chi connectivity index (χ1v) is 6.65. The number of pyridine rings is 1. The molecule has 7 heteroatoms. The lowest BCUT2D eigenvalue weighted by molar-refractivity contribution is 0.628. The molecule has 0 fully saturated rings. The minimum atomic E-state index is -0.329. The molecule has 0 saturated carbocycles. The van der Waals surface area contributed by atoms with Gasteiger partial charge in [0, 0.05) is 24.6 Å². The van der Waals surface area contributed by atoms with E-state index < -0.39 is 0 Å². The first-order chi connectivity index (χ1) is 10.8. The Hall–Kier alpha value is -3.09. The molecule has 2 aromatic heterocycles. The number of aromatic nitrogens is 4. The third-order valence-corrected chi connectivity index (χ3v) is 2.86. The van der Waals surface area contributed by atoms with E-state index in [2.05, 4.69) is 30.8 Å². The van der Waals surface area contributed by atoms with E-state index in [4.69, 9.17) is 0 Å². The van der Waals surface area contributed by atoms with Crippen molar-refractivity contribution in [1.82, 2.24) is 20.2 Å². The minimum absolute atomic E-state index is 0.297. The molecule has 0 unspecified atom stereocenters.